The van der Waals surface area contributed by atoms with Crippen LogP contribution >= 0.6 is 22.9 Å². The second-order valence-corrected chi connectivity index (χ2v) is 4.87. The van der Waals surface area contributed by atoms with Crippen molar-refractivity contribution in [3.05, 3.63) is 21.3 Å². The Balaban J connectivity index is 2.05. The minimum absolute atomic E-state index is 0.000216. The fourth-order valence-corrected chi connectivity index (χ4v) is 2.45. The monoisotopic (exact) mass is 231 g/mol. The molecule has 2 heterocycles. The van der Waals surface area contributed by atoms with E-state index in [0.717, 1.165) is 9.90 Å². The van der Waals surface area contributed by atoms with Gasteiger partial charge in [0.1, 0.15) is 0 Å². The van der Waals surface area contributed by atoms with E-state index in [2.05, 4.69) is 0 Å². The van der Waals surface area contributed by atoms with E-state index in [1.807, 2.05) is 11.4 Å². The van der Waals surface area contributed by atoms with Crippen LogP contribution in [0.5, 0.6) is 0 Å². The lowest BCUT2D eigenvalue weighted by Gasteiger charge is -2.14. The summed E-state index contributed by atoms with van der Waals surface area (Å²) in [6, 6.07) is 1.91. The van der Waals surface area contributed by atoms with E-state index < -0.39 is 6.10 Å². The van der Waals surface area contributed by atoms with Crippen LogP contribution in [0.25, 0.3) is 0 Å². The van der Waals surface area contributed by atoms with Gasteiger partial charge in [-0.2, -0.15) is 0 Å². The average Bonchev–Trinajstić information content (AvgIpc) is 2.62. The number of aliphatic hydroxyl groups is 1. The number of amides is 1. The molecule has 0 radical (unpaired) electrons. The molecule has 1 aliphatic heterocycles. The van der Waals surface area contributed by atoms with Gasteiger partial charge in [-0.05, 0) is 11.4 Å². The topological polar surface area (TPSA) is 40.5 Å². The molecule has 14 heavy (non-hydrogen) atoms. The van der Waals surface area contributed by atoms with Gasteiger partial charge in [0.2, 0.25) is 5.91 Å². The van der Waals surface area contributed by atoms with E-state index in [0.29, 0.717) is 13.1 Å². The van der Waals surface area contributed by atoms with Crippen LogP contribution in [0.2, 0.25) is 4.34 Å². The molecule has 1 saturated heterocycles. The van der Waals surface area contributed by atoms with Gasteiger partial charge in [0, 0.05) is 18.7 Å². The molecule has 0 bridgehead atoms. The van der Waals surface area contributed by atoms with Gasteiger partial charge in [-0.15, -0.1) is 11.3 Å². The quantitative estimate of drug-likeness (QED) is 0.838. The van der Waals surface area contributed by atoms with Gasteiger partial charge in [-0.1, -0.05) is 11.6 Å². The highest BCUT2D eigenvalue weighted by atomic mass is 35.5. The predicted octanol–water partition coefficient (Wildman–Crippen LogP) is 1.49. The lowest BCUT2D eigenvalue weighted by molar-refractivity contribution is -0.128. The van der Waals surface area contributed by atoms with Crippen LogP contribution < -0.4 is 0 Å². The number of nitrogens with zero attached hydrogens (tertiary/aromatic N) is 1. The van der Waals surface area contributed by atoms with E-state index in [1.54, 1.807) is 4.90 Å². The molecule has 0 saturated carbocycles. The summed E-state index contributed by atoms with van der Waals surface area (Å²) in [6.45, 7) is 0.934. The Labute approximate surface area is 90.9 Å². The van der Waals surface area contributed by atoms with Gasteiger partial charge in [0.15, 0.2) is 0 Å². The molecule has 0 spiro atoms. The zero-order chi connectivity index (χ0) is 10.1. The molecule has 1 fully saturated rings. The van der Waals surface area contributed by atoms with Crippen LogP contribution in [0.1, 0.15) is 12.0 Å². The van der Waals surface area contributed by atoms with Gasteiger partial charge in [0.25, 0.3) is 0 Å². The van der Waals surface area contributed by atoms with E-state index >= 15 is 0 Å². The lowest BCUT2D eigenvalue weighted by atomic mass is 10.3. The molecule has 1 unspecified atom stereocenters. The third-order valence-electron chi connectivity index (χ3n) is 2.25. The number of β-amino-alcohol motifs (C(OH)–C–C–N with tert-alkyl or cyclic N) is 1. The van der Waals surface area contributed by atoms with Gasteiger partial charge in [-0.25, -0.2) is 0 Å². The van der Waals surface area contributed by atoms with Crippen LogP contribution in [0, 0.1) is 0 Å². The van der Waals surface area contributed by atoms with Crippen molar-refractivity contribution < 1.29 is 9.90 Å². The number of aliphatic hydroxyl groups excluding tert-OH is 1. The fourth-order valence-electron chi connectivity index (χ4n) is 1.54. The molecule has 1 aromatic heterocycles. The molecule has 1 aliphatic rings. The first-order valence-corrected chi connectivity index (χ1v) is 5.60. The summed E-state index contributed by atoms with van der Waals surface area (Å²) in [4.78, 5) is 13.0. The number of rotatable bonds is 2. The zero-order valence-electron chi connectivity index (χ0n) is 7.44. The van der Waals surface area contributed by atoms with Crippen LogP contribution in [-0.2, 0) is 11.3 Å². The van der Waals surface area contributed by atoms with Crippen molar-refractivity contribution in [3.8, 4) is 0 Å². The Morgan fingerprint density at radius 1 is 1.71 bits per heavy atom. The molecular weight excluding hydrogens is 222 g/mol. The number of thiophene rings is 1. The predicted molar refractivity (Wildman–Crippen MR) is 55.4 cm³/mol. The van der Waals surface area contributed by atoms with Gasteiger partial charge >= 0.3 is 0 Å². The van der Waals surface area contributed by atoms with Crippen LogP contribution in [0.15, 0.2) is 11.4 Å². The minimum atomic E-state index is -0.514. The minimum Gasteiger partial charge on any atom is -0.391 e. The summed E-state index contributed by atoms with van der Waals surface area (Å²) in [5, 5.41) is 11.2. The Hall–Kier alpha value is -0.580. The summed E-state index contributed by atoms with van der Waals surface area (Å²) in [5.74, 6) is -0.000216. The van der Waals surface area contributed by atoms with Gasteiger partial charge < -0.3 is 10.0 Å². The van der Waals surface area contributed by atoms with E-state index in [9.17, 15) is 9.90 Å². The highest BCUT2D eigenvalue weighted by Gasteiger charge is 2.28. The maximum atomic E-state index is 11.3. The molecule has 0 aromatic carbocycles. The molecule has 0 aliphatic carbocycles. The van der Waals surface area contributed by atoms with Crippen molar-refractivity contribution in [3.63, 3.8) is 0 Å². The van der Waals surface area contributed by atoms with Gasteiger partial charge in [0.05, 0.1) is 16.9 Å². The van der Waals surface area contributed by atoms with Crippen molar-refractivity contribution in [2.24, 2.45) is 0 Å². The third-order valence-corrected chi connectivity index (χ3v) is 3.50. The summed E-state index contributed by atoms with van der Waals surface area (Å²) >= 11 is 7.38. The Morgan fingerprint density at radius 2 is 2.50 bits per heavy atom. The first-order chi connectivity index (χ1) is 6.66. The molecule has 1 atom stereocenters. The maximum Gasteiger partial charge on any atom is 0.225 e. The maximum absolute atomic E-state index is 11.3. The van der Waals surface area contributed by atoms with Crippen molar-refractivity contribution in [1.29, 1.82) is 0 Å². The standard InChI is InChI=1S/C9H10ClNO2S/c10-9-6(1-2-14-9)4-11-5-7(12)3-8(11)13/h1-2,7,12H,3-5H2. The Kier molecular flexibility index (Phi) is 2.76. The number of hydrogen-bond donors (Lipinski definition) is 1. The largest absolute Gasteiger partial charge is 0.391 e. The summed E-state index contributed by atoms with van der Waals surface area (Å²) < 4.78 is 0.721. The molecule has 1 aromatic rings. The fraction of sp³-hybridized carbons (Fsp3) is 0.444. The first kappa shape index (κ1) is 9.96. The number of carbonyl (C=O) groups excluding carboxylic acids is 1. The van der Waals surface area contributed by atoms with Crippen molar-refractivity contribution >= 4 is 28.8 Å². The second-order valence-electron chi connectivity index (χ2n) is 3.35. The highest BCUT2D eigenvalue weighted by Crippen LogP contribution is 2.25. The smallest absolute Gasteiger partial charge is 0.225 e. The van der Waals surface area contributed by atoms with Crippen molar-refractivity contribution in [2.75, 3.05) is 6.54 Å². The molecule has 5 heteroatoms. The van der Waals surface area contributed by atoms with E-state index in [4.69, 9.17) is 11.6 Å². The van der Waals surface area contributed by atoms with Crippen LogP contribution in [-0.4, -0.2) is 28.6 Å². The summed E-state index contributed by atoms with van der Waals surface area (Å²) in [7, 11) is 0. The van der Waals surface area contributed by atoms with Crippen molar-refractivity contribution in [2.45, 2.75) is 19.1 Å². The van der Waals surface area contributed by atoms with Gasteiger partial charge in [-0.3, -0.25) is 4.79 Å². The number of carbonyl (C=O) groups is 1. The molecular formula is C9H10ClNO2S. The molecule has 1 N–H and O–H groups in total. The molecule has 3 nitrogen and oxygen atoms in total. The van der Waals surface area contributed by atoms with Crippen molar-refractivity contribution in [1.82, 2.24) is 4.90 Å². The normalized spacial score (nSPS) is 22.0. The Bertz CT molecular complexity index is 352. The highest BCUT2D eigenvalue weighted by molar-refractivity contribution is 7.14. The lowest BCUT2D eigenvalue weighted by Crippen LogP contribution is -2.25. The SMILES string of the molecule is O=C1CC(O)CN1Cc1ccsc1Cl. The average molecular weight is 232 g/mol. The number of hydrogen-bond acceptors (Lipinski definition) is 3. The van der Waals surface area contributed by atoms with E-state index in [-0.39, 0.29) is 12.3 Å². The Morgan fingerprint density at radius 3 is 3.00 bits per heavy atom. The first-order valence-electron chi connectivity index (χ1n) is 4.34. The zero-order valence-corrected chi connectivity index (χ0v) is 9.01. The van der Waals surface area contributed by atoms with Crippen LogP contribution in [0.3, 0.4) is 0 Å². The molecule has 76 valence electrons. The molecule has 1 amide bonds. The number of likely N-dealkylation sites (tertiary alicyclic amines) is 1. The second kappa shape index (κ2) is 3.88. The van der Waals surface area contributed by atoms with E-state index in [1.165, 1.54) is 11.3 Å². The summed E-state index contributed by atoms with van der Waals surface area (Å²) in [5.41, 5.74) is 0.958. The van der Waals surface area contributed by atoms with Crippen LogP contribution in [0.4, 0.5) is 0 Å². The number of halogens is 1. The third kappa shape index (κ3) is 1.92. The summed E-state index contributed by atoms with van der Waals surface area (Å²) in [6.07, 6.45) is -0.276. The molecule has 2 rings (SSSR count).